The second kappa shape index (κ2) is 7.29. The van der Waals surface area contributed by atoms with Crippen molar-refractivity contribution in [2.75, 3.05) is 0 Å². The summed E-state index contributed by atoms with van der Waals surface area (Å²) in [6.45, 7) is 0. The van der Waals surface area contributed by atoms with E-state index in [1.165, 1.54) is 0 Å². The van der Waals surface area contributed by atoms with Crippen LogP contribution in [0.15, 0.2) is 48.5 Å². The third-order valence-corrected chi connectivity index (χ3v) is 3.68. The van der Waals surface area contributed by atoms with E-state index in [-0.39, 0.29) is 12.3 Å². The molecule has 0 radical (unpaired) electrons. The fourth-order valence-electron chi connectivity index (χ4n) is 2.01. The summed E-state index contributed by atoms with van der Waals surface area (Å²) in [6.07, 6.45) is 0.0343. The Morgan fingerprint density at radius 1 is 1.09 bits per heavy atom. The van der Waals surface area contributed by atoms with Crippen molar-refractivity contribution >= 4 is 35.0 Å². The first-order chi connectivity index (χ1) is 10.5. The van der Waals surface area contributed by atoms with Crippen molar-refractivity contribution in [3.8, 4) is 0 Å². The van der Waals surface area contributed by atoms with Crippen LogP contribution in [0.1, 0.15) is 17.2 Å². The van der Waals surface area contributed by atoms with E-state index in [1.54, 1.807) is 42.5 Å². The van der Waals surface area contributed by atoms with Gasteiger partial charge in [-0.25, -0.2) is 0 Å². The second-order valence-electron chi connectivity index (χ2n) is 4.73. The van der Waals surface area contributed by atoms with Gasteiger partial charge in [-0.3, -0.25) is 9.59 Å². The first kappa shape index (κ1) is 16.3. The number of carbonyl (C=O) groups is 2. The quantitative estimate of drug-likeness (QED) is 0.881. The molecular formula is C16H14Cl2N2O2. The van der Waals surface area contributed by atoms with E-state index in [0.717, 1.165) is 0 Å². The second-order valence-corrected chi connectivity index (χ2v) is 5.57. The normalized spacial score (nSPS) is 11.7. The van der Waals surface area contributed by atoms with Gasteiger partial charge in [-0.2, -0.15) is 0 Å². The van der Waals surface area contributed by atoms with Crippen molar-refractivity contribution in [2.24, 2.45) is 5.73 Å². The van der Waals surface area contributed by atoms with E-state index < -0.39 is 11.9 Å². The first-order valence-corrected chi connectivity index (χ1v) is 7.30. The van der Waals surface area contributed by atoms with Gasteiger partial charge < -0.3 is 11.1 Å². The van der Waals surface area contributed by atoms with Crippen molar-refractivity contribution in [2.45, 2.75) is 12.5 Å². The highest BCUT2D eigenvalue weighted by molar-refractivity contribution is 6.35. The Morgan fingerprint density at radius 3 is 2.36 bits per heavy atom. The zero-order valence-electron chi connectivity index (χ0n) is 11.6. The molecule has 1 atom stereocenters. The van der Waals surface area contributed by atoms with Gasteiger partial charge in [0.2, 0.25) is 11.8 Å². The van der Waals surface area contributed by atoms with E-state index in [0.29, 0.717) is 21.2 Å². The standard InChI is InChI=1S/C16H14Cl2N2O2/c17-12-7-6-11(13(18)9-12)8-14(21)20-15(16(19)22)10-4-2-1-3-5-10/h1-7,9,15H,8H2,(H2,19,22)(H,20,21)/t15-/m1/s1. The molecule has 0 unspecified atom stereocenters. The van der Waals surface area contributed by atoms with E-state index >= 15 is 0 Å². The molecule has 0 fully saturated rings. The largest absolute Gasteiger partial charge is 0.368 e. The molecule has 2 aromatic carbocycles. The number of hydrogen-bond acceptors (Lipinski definition) is 2. The molecule has 4 nitrogen and oxygen atoms in total. The zero-order chi connectivity index (χ0) is 16.1. The molecule has 0 bridgehead atoms. The van der Waals surface area contributed by atoms with Gasteiger partial charge >= 0.3 is 0 Å². The van der Waals surface area contributed by atoms with Crippen molar-refractivity contribution in [3.05, 3.63) is 69.7 Å². The van der Waals surface area contributed by atoms with E-state index in [2.05, 4.69) is 5.32 Å². The van der Waals surface area contributed by atoms with Gasteiger partial charge in [0, 0.05) is 10.0 Å². The van der Waals surface area contributed by atoms with Crippen molar-refractivity contribution < 1.29 is 9.59 Å². The molecule has 0 aliphatic carbocycles. The Bertz CT molecular complexity index is 690. The summed E-state index contributed by atoms with van der Waals surface area (Å²) in [5.74, 6) is -0.973. The minimum atomic E-state index is -0.875. The molecule has 0 aromatic heterocycles. The van der Waals surface area contributed by atoms with Gasteiger partial charge in [0.05, 0.1) is 6.42 Å². The molecule has 22 heavy (non-hydrogen) atoms. The minimum Gasteiger partial charge on any atom is -0.368 e. The summed E-state index contributed by atoms with van der Waals surface area (Å²) in [7, 11) is 0. The first-order valence-electron chi connectivity index (χ1n) is 6.55. The number of nitrogens with one attached hydrogen (secondary N) is 1. The Hall–Kier alpha value is -2.04. The monoisotopic (exact) mass is 336 g/mol. The lowest BCUT2D eigenvalue weighted by atomic mass is 10.1. The number of amides is 2. The molecule has 0 heterocycles. The van der Waals surface area contributed by atoms with Crippen LogP contribution in [0.2, 0.25) is 10.0 Å². The summed E-state index contributed by atoms with van der Waals surface area (Å²) >= 11 is 11.8. The van der Waals surface area contributed by atoms with Crippen molar-refractivity contribution in [1.29, 1.82) is 0 Å². The molecule has 3 N–H and O–H groups in total. The van der Waals surface area contributed by atoms with E-state index in [9.17, 15) is 9.59 Å². The Labute approximate surface area is 138 Å². The predicted molar refractivity (Wildman–Crippen MR) is 86.7 cm³/mol. The number of halogens is 2. The third-order valence-electron chi connectivity index (χ3n) is 3.09. The van der Waals surface area contributed by atoms with E-state index in [1.807, 2.05) is 6.07 Å². The van der Waals surface area contributed by atoms with Crippen LogP contribution in [0, 0.1) is 0 Å². The molecule has 0 saturated heterocycles. The van der Waals surface area contributed by atoms with E-state index in [4.69, 9.17) is 28.9 Å². The van der Waals surface area contributed by atoms with Gasteiger partial charge in [-0.15, -0.1) is 0 Å². The molecule has 0 aliphatic heterocycles. The van der Waals surface area contributed by atoms with Gasteiger partial charge in [0.25, 0.3) is 0 Å². The van der Waals surface area contributed by atoms with Crippen molar-refractivity contribution in [3.63, 3.8) is 0 Å². The van der Waals surface area contributed by atoms with Gasteiger partial charge in [0.15, 0.2) is 0 Å². The summed E-state index contributed by atoms with van der Waals surface area (Å²) in [5.41, 5.74) is 6.62. The molecule has 2 rings (SSSR count). The SMILES string of the molecule is NC(=O)[C@H](NC(=O)Cc1ccc(Cl)cc1Cl)c1ccccc1. The van der Waals surface area contributed by atoms with Crippen LogP contribution < -0.4 is 11.1 Å². The lowest BCUT2D eigenvalue weighted by Crippen LogP contribution is -2.38. The Kier molecular flexibility index (Phi) is 5.41. The summed E-state index contributed by atoms with van der Waals surface area (Å²) in [4.78, 5) is 23.7. The van der Waals surface area contributed by atoms with Gasteiger partial charge in [-0.1, -0.05) is 59.6 Å². The fourth-order valence-corrected chi connectivity index (χ4v) is 2.49. The molecular weight excluding hydrogens is 323 g/mol. The van der Waals surface area contributed by atoms with Crippen LogP contribution in [0.3, 0.4) is 0 Å². The van der Waals surface area contributed by atoms with Crippen molar-refractivity contribution in [1.82, 2.24) is 5.32 Å². The lowest BCUT2D eigenvalue weighted by Gasteiger charge is -2.16. The van der Waals surface area contributed by atoms with Crippen LogP contribution >= 0.6 is 23.2 Å². The molecule has 6 heteroatoms. The topological polar surface area (TPSA) is 72.2 Å². The number of benzene rings is 2. The Morgan fingerprint density at radius 2 is 1.77 bits per heavy atom. The van der Waals surface area contributed by atoms with Gasteiger partial charge in [0.1, 0.15) is 6.04 Å². The summed E-state index contributed by atoms with van der Waals surface area (Å²) < 4.78 is 0. The number of rotatable bonds is 5. The third kappa shape index (κ3) is 4.23. The average molecular weight is 337 g/mol. The molecule has 0 aliphatic rings. The molecule has 2 amide bonds. The van der Waals surface area contributed by atoms with Crippen LogP contribution in [0.25, 0.3) is 0 Å². The number of primary amides is 1. The number of hydrogen-bond donors (Lipinski definition) is 2. The zero-order valence-corrected chi connectivity index (χ0v) is 13.1. The van der Waals surface area contributed by atoms with Gasteiger partial charge in [-0.05, 0) is 23.3 Å². The maximum absolute atomic E-state index is 12.1. The predicted octanol–water partition coefficient (Wildman–Crippen LogP) is 2.88. The average Bonchev–Trinajstić information content (AvgIpc) is 2.48. The van der Waals surface area contributed by atoms with Crippen LogP contribution in [0.4, 0.5) is 0 Å². The van der Waals surface area contributed by atoms with Crippen LogP contribution in [-0.4, -0.2) is 11.8 Å². The molecule has 2 aromatic rings. The number of nitrogens with two attached hydrogens (primary N) is 1. The molecule has 114 valence electrons. The highest BCUT2D eigenvalue weighted by atomic mass is 35.5. The summed E-state index contributed by atoms with van der Waals surface area (Å²) in [6, 6.07) is 12.8. The highest BCUT2D eigenvalue weighted by Gasteiger charge is 2.20. The smallest absolute Gasteiger partial charge is 0.244 e. The number of carbonyl (C=O) groups excluding carboxylic acids is 2. The summed E-state index contributed by atoms with van der Waals surface area (Å²) in [5, 5.41) is 3.51. The highest BCUT2D eigenvalue weighted by Crippen LogP contribution is 2.21. The maximum atomic E-state index is 12.1. The fraction of sp³-hybridized carbons (Fsp3) is 0.125. The van der Waals surface area contributed by atoms with Crippen LogP contribution in [-0.2, 0) is 16.0 Å². The Balaban J connectivity index is 2.10. The maximum Gasteiger partial charge on any atom is 0.244 e. The van der Waals surface area contributed by atoms with Crippen LogP contribution in [0.5, 0.6) is 0 Å². The molecule has 0 spiro atoms. The lowest BCUT2D eigenvalue weighted by molar-refractivity contribution is -0.127. The minimum absolute atomic E-state index is 0.0343. The molecule has 0 saturated carbocycles.